The number of anilines is 2. The number of carboxylic acid groups (broad SMARTS) is 1. The fourth-order valence-electron chi connectivity index (χ4n) is 4.42. The molecule has 0 aliphatic carbocycles. The Hall–Kier alpha value is -3.11. The van der Waals surface area contributed by atoms with Crippen LogP contribution in [0.4, 0.5) is 11.4 Å². The van der Waals surface area contributed by atoms with Gasteiger partial charge in [-0.3, -0.25) is 14.4 Å². The number of benzene rings is 2. The summed E-state index contributed by atoms with van der Waals surface area (Å²) >= 11 is 0. The van der Waals surface area contributed by atoms with Gasteiger partial charge >= 0.3 is 5.97 Å². The predicted molar refractivity (Wildman–Crippen MR) is 130 cm³/mol. The predicted octanol–water partition coefficient (Wildman–Crippen LogP) is 2.24. The molecule has 10 heteroatoms. The molecule has 2 N–H and O–H groups in total. The van der Waals surface area contributed by atoms with Gasteiger partial charge in [-0.2, -0.15) is 0 Å². The van der Waals surface area contributed by atoms with Gasteiger partial charge in [-0.1, -0.05) is 12.1 Å². The molecule has 0 spiro atoms. The SMILES string of the molecule is Cc1cccc(S(=O)(=O)Nc2cc(C(=O)O)ccc2N2CCN(CC(=O)N3CCCC3)CC2)c1. The average Bonchev–Trinajstić information content (AvgIpc) is 3.35. The number of aromatic carboxylic acids is 1. The van der Waals surface area contributed by atoms with E-state index in [0.29, 0.717) is 38.4 Å². The Morgan fingerprint density at radius 3 is 2.32 bits per heavy atom. The molecule has 34 heavy (non-hydrogen) atoms. The Morgan fingerprint density at radius 2 is 1.68 bits per heavy atom. The van der Waals surface area contributed by atoms with Crippen LogP contribution < -0.4 is 9.62 Å². The summed E-state index contributed by atoms with van der Waals surface area (Å²) in [7, 11) is -3.91. The highest BCUT2D eigenvalue weighted by atomic mass is 32.2. The quantitative estimate of drug-likeness (QED) is 0.618. The molecule has 0 bridgehead atoms. The summed E-state index contributed by atoms with van der Waals surface area (Å²) in [4.78, 5) is 30.2. The zero-order valence-corrected chi connectivity index (χ0v) is 20.1. The molecule has 0 atom stereocenters. The number of nitrogens with one attached hydrogen (secondary N) is 1. The van der Waals surface area contributed by atoms with E-state index in [2.05, 4.69) is 9.62 Å². The number of carbonyl (C=O) groups is 2. The minimum Gasteiger partial charge on any atom is -0.478 e. The second-order valence-corrected chi connectivity index (χ2v) is 10.5. The normalized spacial score (nSPS) is 17.1. The molecule has 2 aliphatic heterocycles. The van der Waals surface area contributed by atoms with Gasteiger partial charge in [0.05, 0.1) is 28.4 Å². The number of rotatable bonds is 7. The molecule has 2 aromatic rings. The van der Waals surface area contributed by atoms with Gasteiger partial charge in [0.1, 0.15) is 0 Å². The van der Waals surface area contributed by atoms with E-state index in [4.69, 9.17) is 0 Å². The first-order valence-corrected chi connectivity index (χ1v) is 12.9. The van der Waals surface area contributed by atoms with Gasteiger partial charge in [-0.25, -0.2) is 13.2 Å². The van der Waals surface area contributed by atoms with Gasteiger partial charge < -0.3 is 14.9 Å². The van der Waals surface area contributed by atoms with Crippen molar-refractivity contribution in [2.75, 3.05) is 55.4 Å². The summed E-state index contributed by atoms with van der Waals surface area (Å²) in [6.07, 6.45) is 2.13. The number of carboxylic acids is 1. The van der Waals surface area contributed by atoms with E-state index in [9.17, 15) is 23.1 Å². The van der Waals surface area contributed by atoms with Gasteiger partial charge in [0.2, 0.25) is 5.91 Å². The number of piperazine rings is 1. The second-order valence-electron chi connectivity index (χ2n) is 8.81. The number of sulfonamides is 1. The van der Waals surface area contributed by atoms with Gasteiger partial charge in [-0.05, 0) is 55.7 Å². The first-order valence-electron chi connectivity index (χ1n) is 11.4. The van der Waals surface area contributed by atoms with E-state index >= 15 is 0 Å². The van der Waals surface area contributed by atoms with Gasteiger partial charge in [0.25, 0.3) is 10.0 Å². The highest BCUT2D eigenvalue weighted by Crippen LogP contribution is 2.30. The fourth-order valence-corrected chi connectivity index (χ4v) is 5.59. The Morgan fingerprint density at radius 1 is 0.971 bits per heavy atom. The molecule has 2 heterocycles. The first-order chi connectivity index (χ1) is 16.2. The van der Waals surface area contributed by atoms with Crippen molar-refractivity contribution >= 4 is 33.3 Å². The highest BCUT2D eigenvalue weighted by molar-refractivity contribution is 7.92. The Kier molecular flexibility index (Phi) is 7.08. The maximum atomic E-state index is 13.0. The van der Waals surface area contributed by atoms with E-state index < -0.39 is 16.0 Å². The third-order valence-electron chi connectivity index (χ3n) is 6.32. The molecule has 4 rings (SSSR count). The Labute approximate surface area is 200 Å². The lowest BCUT2D eigenvalue weighted by Gasteiger charge is -2.37. The second kappa shape index (κ2) is 10.0. The molecule has 2 saturated heterocycles. The van der Waals surface area contributed by atoms with Crippen LogP contribution in [0.5, 0.6) is 0 Å². The first kappa shape index (κ1) is 24.0. The van der Waals surface area contributed by atoms with Crippen LogP contribution in [-0.4, -0.2) is 81.0 Å². The fraction of sp³-hybridized carbons (Fsp3) is 0.417. The summed E-state index contributed by atoms with van der Waals surface area (Å²) in [6.45, 7) is 6.37. The van der Waals surface area contributed by atoms with Crippen molar-refractivity contribution < 1.29 is 23.1 Å². The number of amides is 1. The number of carbonyl (C=O) groups excluding carboxylic acids is 1. The van der Waals surface area contributed by atoms with Crippen LogP contribution in [0.25, 0.3) is 0 Å². The van der Waals surface area contributed by atoms with Crippen LogP contribution in [0.2, 0.25) is 0 Å². The number of hydrogen-bond acceptors (Lipinski definition) is 6. The lowest BCUT2D eigenvalue weighted by molar-refractivity contribution is -0.131. The molecule has 0 unspecified atom stereocenters. The van der Waals surface area contributed by atoms with Crippen molar-refractivity contribution in [3.8, 4) is 0 Å². The lowest BCUT2D eigenvalue weighted by Crippen LogP contribution is -2.50. The van der Waals surface area contributed by atoms with Crippen LogP contribution in [0, 0.1) is 6.92 Å². The summed E-state index contributed by atoms with van der Waals surface area (Å²) in [5, 5.41) is 9.44. The van der Waals surface area contributed by atoms with Crippen LogP contribution in [-0.2, 0) is 14.8 Å². The number of hydrogen-bond donors (Lipinski definition) is 2. The third-order valence-corrected chi connectivity index (χ3v) is 7.68. The van der Waals surface area contributed by atoms with E-state index in [-0.39, 0.29) is 22.1 Å². The maximum absolute atomic E-state index is 13.0. The standard InChI is InChI=1S/C24H30N4O5S/c1-18-5-4-6-20(15-18)34(32,33)25-21-16-19(24(30)31)7-8-22(21)27-13-11-26(12-14-27)17-23(29)28-9-2-3-10-28/h4-8,15-16,25H,2-3,9-14,17H2,1H3,(H,30,31). The van der Waals surface area contributed by atoms with Crippen LogP contribution in [0.1, 0.15) is 28.8 Å². The lowest BCUT2D eigenvalue weighted by atomic mass is 10.1. The van der Waals surface area contributed by atoms with Crippen molar-refractivity contribution in [1.29, 1.82) is 0 Å². The number of likely N-dealkylation sites (tertiary alicyclic amines) is 1. The van der Waals surface area contributed by atoms with E-state index in [0.717, 1.165) is 31.5 Å². The molecule has 2 aliphatic rings. The third kappa shape index (κ3) is 5.51. The minimum atomic E-state index is -3.91. The monoisotopic (exact) mass is 486 g/mol. The highest BCUT2D eigenvalue weighted by Gasteiger charge is 2.26. The molecule has 2 aromatic carbocycles. The average molecular weight is 487 g/mol. The van der Waals surface area contributed by atoms with Crippen LogP contribution >= 0.6 is 0 Å². The summed E-state index contributed by atoms with van der Waals surface area (Å²) in [5.74, 6) is -0.976. The van der Waals surface area contributed by atoms with Crippen molar-refractivity contribution in [2.24, 2.45) is 0 Å². The smallest absolute Gasteiger partial charge is 0.335 e. The maximum Gasteiger partial charge on any atom is 0.335 e. The van der Waals surface area contributed by atoms with Crippen molar-refractivity contribution in [3.63, 3.8) is 0 Å². The summed E-state index contributed by atoms with van der Waals surface area (Å²) < 4.78 is 28.7. The molecule has 2 fully saturated rings. The van der Waals surface area contributed by atoms with Gasteiger partial charge in [0.15, 0.2) is 0 Å². The molecular weight excluding hydrogens is 456 g/mol. The van der Waals surface area contributed by atoms with E-state index in [1.165, 1.54) is 18.2 Å². The summed E-state index contributed by atoms with van der Waals surface area (Å²) in [5.41, 5.74) is 1.65. The van der Waals surface area contributed by atoms with E-state index in [1.54, 1.807) is 18.2 Å². The number of aryl methyl sites for hydroxylation is 1. The van der Waals surface area contributed by atoms with Gasteiger partial charge in [0, 0.05) is 39.3 Å². The zero-order valence-electron chi connectivity index (χ0n) is 19.2. The Balaban J connectivity index is 1.51. The van der Waals surface area contributed by atoms with Crippen molar-refractivity contribution in [1.82, 2.24) is 9.80 Å². The molecule has 0 radical (unpaired) electrons. The minimum absolute atomic E-state index is 0.000498. The number of nitrogens with zero attached hydrogens (tertiary/aromatic N) is 3. The molecular formula is C24H30N4O5S. The van der Waals surface area contributed by atoms with Gasteiger partial charge in [-0.15, -0.1) is 0 Å². The zero-order chi connectivity index (χ0) is 24.3. The Bertz CT molecular complexity index is 1170. The molecule has 9 nitrogen and oxygen atoms in total. The van der Waals surface area contributed by atoms with E-state index in [1.807, 2.05) is 22.8 Å². The topological polar surface area (TPSA) is 110 Å². The molecule has 1 amide bonds. The molecule has 0 saturated carbocycles. The van der Waals surface area contributed by atoms with Crippen molar-refractivity contribution in [3.05, 3.63) is 53.6 Å². The summed E-state index contributed by atoms with van der Waals surface area (Å²) in [6, 6.07) is 11.0. The van der Waals surface area contributed by atoms with Crippen LogP contribution in [0.15, 0.2) is 47.4 Å². The van der Waals surface area contributed by atoms with Crippen LogP contribution in [0.3, 0.4) is 0 Å². The molecule has 182 valence electrons. The largest absolute Gasteiger partial charge is 0.478 e. The molecule has 0 aromatic heterocycles. The van der Waals surface area contributed by atoms with Crippen molar-refractivity contribution in [2.45, 2.75) is 24.7 Å².